The summed E-state index contributed by atoms with van der Waals surface area (Å²) in [6.45, 7) is 4.74. The number of methoxy groups -OCH3 is 1. The number of thiocarbonyl (C=S) groups is 1. The van der Waals surface area contributed by atoms with Crippen LogP contribution in [0.25, 0.3) is 5.69 Å². The van der Waals surface area contributed by atoms with Crippen molar-refractivity contribution in [2.24, 2.45) is 0 Å². The quantitative estimate of drug-likeness (QED) is 0.302. The van der Waals surface area contributed by atoms with Crippen LogP contribution in [0.15, 0.2) is 77.5 Å². The number of furan rings is 1. The number of carbonyl (C=O) groups excluding carboxylic acids is 1. The van der Waals surface area contributed by atoms with Crippen molar-refractivity contribution >= 4 is 23.3 Å². The minimum Gasteiger partial charge on any atom is -0.467 e. The third-order valence-corrected chi connectivity index (χ3v) is 6.79. The van der Waals surface area contributed by atoms with E-state index in [0.717, 1.165) is 34.1 Å². The number of aromatic nitrogens is 2. The zero-order chi connectivity index (χ0) is 24.5. The lowest BCUT2D eigenvalue weighted by Crippen LogP contribution is -2.29. The molecule has 0 aliphatic carbocycles. The third kappa shape index (κ3) is 4.21. The number of nitrogens with one attached hydrogen (secondary N) is 1. The number of pyridine rings is 1. The highest BCUT2D eigenvalue weighted by atomic mass is 32.1. The fourth-order valence-electron chi connectivity index (χ4n) is 4.83. The largest absolute Gasteiger partial charge is 0.467 e. The predicted octanol–water partition coefficient (Wildman–Crippen LogP) is 5.04. The number of hydrogen-bond donors (Lipinski definition) is 1. The van der Waals surface area contributed by atoms with Crippen molar-refractivity contribution in [1.82, 2.24) is 19.8 Å². The van der Waals surface area contributed by atoms with Crippen LogP contribution in [0, 0.1) is 13.8 Å². The Hall–Kier alpha value is -3.91. The van der Waals surface area contributed by atoms with Crippen molar-refractivity contribution in [3.05, 3.63) is 107 Å². The topological polar surface area (TPSA) is 72.5 Å². The van der Waals surface area contributed by atoms with Crippen molar-refractivity contribution < 1.29 is 13.9 Å². The van der Waals surface area contributed by atoms with Gasteiger partial charge in [0, 0.05) is 23.3 Å². The Morgan fingerprint density at radius 2 is 1.94 bits per heavy atom. The Bertz CT molecular complexity index is 1350. The van der Waals surface area contributed by atoms with Crippen LogP contribution in [-0.4, -0.2) is 32.6 Å². The van der Waals surface area contributed by atoms with E-state index in [4.69, 9.17) is 21.4 Å². The summed E-state index contributed by atoms with van der Waals surface area (Å²) in [5.74, 6) is 0.489. The van der Waals surface area contributed by atoms with Crippen molar-refractivity contribution in [2.45, 2.75) is 32.5 Å². The lowest BCUT2D eigenvalue weighted by Gasteiger charge is -2.27. The summed E-state index contributed by atoms with van der Waals surface area (Å²) in [5, 5.41) is 4.16. The highest BCUT2D eigenvalue weighted by Gasteiger charge is 2.41. The van der Waals surface area contributed by atoms with E-state index in [1.807, 2.05) is 42.5 Å². The van der Waals surface area contributed by atoms with Gasteiger partial charge in [-0.25, -0.2) is 4.79 Å². The first kappa shape index (κ1) is 22.9. The van der Waals surface area contributed by atoms with Gasteiger partial charge in [0.15, 0.2) is 5.11 Å². The first-order chi connectivity index (χ1) is 17.0. The summed E-state index contributed by atoms with van der Waals surface area (Å²) < 4.78 is 12.7. The van der Waals surface area contributed by atoms with Crippen LogP contribution >= 0.6 is 12.2 Å². The highest BCUT2D eigenvalue weighted by molar-refractivity contribution is 7.80. The molecule has 5 rings (SSSR count). The lowest BCUT2D eigenvalue weighted by molar-refractivity contribution is 0.0600. The van der Waals surface area contributed by atoms with Crippen LogP contribution < -0.4 is 5.32 Å². The van der Waals surface area contributed by atoms with Gasteiger partial charge >= 0.3 is 5.97 Å². The van der Waals surface area contributed by atoms with Crippen LogP contribution in [0.4, 0.5) is 0 Å². The van der Waals surface area contributed by atoms with Crippen LogP contribution in [0.1, 0.15) is 50.8 Å². The maximum atomic E-state index is 11.9. The maximum Gasteiger partial charge on any atom is 0.337 e. The molecule has 8 heteroatoms. The van der Waals surface area contributed by atoms with E-state index in [0.29, 0.717) is 17.2 Å². The summed E-state index contributed by atoms with van der Waals surface area (Å²) in [6, 6.07) is 19.2. The van der Waals surface area contributed by atoms with Crippen LogP contribution in [0.2, 0.25) is 0 Å². The molecule has 4 aromatic rings. The zero-order valence-electron chi connectivity index (χ0n) is 19.8. The van der Waals surface area contributed by atoms with E-state index < -0.39 is 0 Å². The van der Waals surface area contributed by atoms with E-state index in [1.54, 1.807) is 24.6 Å². The zero-order valence-corrected chi connectivity index (χ0v) is 20.6. The molecule has 0 amide bonds. The van der Waals surface area contributed by atoms with Gasteiger partial charge < -0.3 is 23.9 Å². The molecule has 1 fully saturated rings. The second-order valence-corrected chi connectivity index (χ2v) is 8.92. The van der Waals surface area contributed by atoms with Crippen molar-refractivity contribution in [1.29, 1.82) is 0 Å². The molecule has 3 aromatic heterocycles. The fraction of sp³-hybridized carbons (Fsp3) is 0.222. The second kappa shape index (κ2) is 9.38. The molecule has 4 heterocycles. The first-order valence-electron chi connectivity index (χ1n) is 11.4. The minimum atomic E-state index is -0.351. The molecule has 1 saturated heterocycles. The number of ether oxygens (including phenoxy) is 1. The van der Waals surface area contributed by atoms with Crippen molar-refractivity contribution in [3.8, 4) is 5.69 Å². The van der Waals surface area contributed by atoms with E-state index in [9.17, 15) is 4.79 Å². The lowest BCUT2D eigenvalue weighted by atomic mass is 9.96. The number of hydrogen-bond acceptors (Lipinski definition) is 5. The van der Waals surface area contributed by atoms with Gasteiger partial charge in [-0.3, -0.25) is 4.98 Å². The highest BCUT2D eigenvalue weighted by Crippen LogP contribution is 2.42. The number of benzene rings is 1. The van der Waals surface area contributed by atoms with Gasteiger partial charge in [0.2, 0.25) is 0 Å². The summed E-state index contributed by atoms with van der Waals surface area (Å²) >= 11 is 5.79. The molecule has 178 valence electrons. The molecule has 1 aliphatic heterocycles. The Morgan fingerprint density at radius 3 is 2.60 bits per heavy atom. The Balaban J connectivity index is 1.58. The molecule has 2 atom stereocenters. The average molecular weight is 487 g/mol. The van der Waals surface area contributed by atoms with Crippen molar-refractivity contribution in [3.63, 3.8) is 0 Å². The van der Waals surface area contributed by atoms with Gasteiger partial charge in [-0.2, -0.15) is 0 Å². The van der Waals surface area contributed by atoms with Crippen LogP contribution in [0.3, 0.4) is 0 Å². The first-order valence-corrected chi connectivity index (χ1v) is 11.8. The maximum absolute atomic E-state index is 11.9. The van der Waals surface area contributed by atoms with E-state index in [1.165, 1.54) is 7.11 Å². The molecule has 0 saturated carbocycles. The molecule has 1 N–H and O–H groups in total. The number of aryl methyl sites for hydroxylation is 1. The van der Waals surface area contributed by atoms with Gasteiger partial charge in [0.05, 0.1) is 43.3 Å². The molecule has 7 nitrogen and oxygen atoms in total. The summed E-state index contributed by atoms with van der Waals surface area (Å²) in [7, 11) is 1.38. The SMILES string of the molecule is COC(=O)c1ccc(-n2c(C)cc([C@@H]3[C@H](c4ccccn4)NC(=S)N3Cc3ccco3)c2C)cc1. The smallest absolute Gasteiger partial charge is 0.337 e. The van der Waals surface area contributed by atoms with Gasteiger partial charge in [-0.05, 0) is 86.2 Å². The van der Waals surface area contributed by atoms with Crippen LogP contribution in [0.5, 0.6) is 0 Å². The third-order valence-electron chi connectivity index (χ3n) is 6.44. The number of nitrogens with zero attached hydrogens (tertiary/aromatic N) is 3. The Kier molecular flexibility index (Phi) is 6.13. The molecular weight excluding hydrogens is 460 g/mol. The van der Waals surface area contributed by atoms with Gasteiger partial charge in [-0.1, -0.05) is 6.07 Å². The van der Waals surface area contributed by atoms with Gasteiger partial charge in [-0.15, -0.1) is 0 Å². The normalized spacial score (nSPS) is 17.5. The van der Waals surface area contributed by atoms with Crippen molar-refractivity contribution in [2.75, 3.05) is 7.11 Å². The predicted molar refractivity (Wildman–Crippen MR) is 136 cm³/mol. The summed E-state index contributed by atoms with van der Waals surface area (Å²) in [5.41, 5.74) is 5.74. The molecule has 0 bridgehead atoms. The Morgan fingerprint density at radius 1 is 1.14 bits per heavy atom. The fourth-order valence-corrected chi connectivity index (χ4v) is 5.14. The molecule has 35 heavy (non-hydrogen) atoms. The molecular formula is C27H26N4O3S. The number of esters is 1. The number of rotatable bonds is 6. The molecule has 1 aromatic carbocycles. The van der Waals surface area contributed by atoms with Gasteiger partial charge in [0.25, 0.3) is 0 Å². The summed E-state index contributed by atoms with van der Waals surface area (Å²) in [6.07, 6.45) is 3.48. The second-order valence-electron chi connectivity index (χ2n) is 8.53. The Labute approximate surface area is 209 Å². The standard InChI is InChI=1S/C27H26N4O3S/c1-17-15-22(18(2)31(17)20-11-9-19(10-12-20)26(32)33-3)25-24(23-8-4-5-13-28-23)29-27(35)30(25)16-21-7-6-14-34-21/h4-15,24-25H,16H2,1-3H3,(H,29,35)/t24-,25+/m0/s1. The molecule has 0 radical (unpaired) electrons. The molecule has 0 unspecified atom stereocenters. The average Bonchev–Trinajstić information content (AvgIpc) is 3.58. The van der Waals surface area contributed by atoms with E-state index in [2.05, 4.69) is 39.7 Å². The molecule has 1 aliphatic rings. The minimum absolute atomic E-state index is 0.0863. The van der Waals surface area contributed by atoms with E-state index >= 15 is 0 Å². The number of carbonyl (C=O) groups is 1. The van der Waals surface area contributed by atoms with Crippen LogP contribution in [-0.2, 0) is 11.3 Å². The van der Waals surface area contributed by atoms with Gasteiger partial charge in [0.1, 0.15) is 5.76 Å². The molecule has 0 spiro atoms. The monoisotopic (exact) mass is 486 g/mol. The van der Waals surface area contributed by atoms with E-state index in [-0.39, 0.29) is 18.1 Å². The summed E-state index contributed by atoms with van der Waals surface area (Å²) in [4.78, 5) is 18.7.